The summed E-state index contributed by atoms with van der Waals surface area (Å²) in [6, 6.07) is 0. The maximum absolute atomic E-state index is 11.1. The van der Waals surface area contributed by atoms with Crippen molar-refractivity contribution in [2.75, 3.05) is 5.32 Å². The second-order valence-corrected chi connectivity index (χ2v) is 7.05. The molecule has 0 aliphatic rings. The van der Waals surface area contributed by atoms with Gasteiger partial charge < -0.3 is 5.32 Å². The van der Waals surface area contributed by atoms with Gasteiger partial charge >= 0.3 is 0 Å². The van der Waals surface area contributed by atoms with Crippen LogP contribution in [0.15, 0.2) is 0 Å². The van der Waals surface area contributed by atoms with Crippen LogP contribution >= 0.6 is 11.6 Å². The van der Waals surface area contributed by atoms with Gasteiger partial charge in [0.2, 0.25) is 0 Å². The van der Waals surface area contributed by atoms with Gasteiger partial charge in [-0.15, -0.1) is 0 Å². The predicted molar refractivity (Wildman–Crippen MR) is 78.9 cm³/mol. The highest BCUT2D eigenvalue weighted by atomic mass is 35.5. The lowest BCUT2D eigenvalue weighted by Gasteiger charge is -2.34. The highest BCUT2D eigenvalue weighted by molar-refractivity contribution is 6.32. The smallest absolute Gasteiger partial charge is 0.156 e. The Kier molecular flexibility index (Phi) is 4.56. The van der Waals surface area contributed by atoms with Gasteiger partial charge in [0.05, 0.1) is 5.56 Å². The van der Waals surface area contributed by atoms with Crippen LogP contribution in [0.25, 0.3) is 0 Å². The van der Waals surface area contributed by atoms with E-state index in [1.54, 1.807) is 6.92 Å². The largest absolute Gasteiger partial charge is 0.364 e. The van der Waals surface area contributed by atoms with Crippen molar-refractivity contribution in [2.45, 2.75) is 53.5 Å². The minimum absolute atomic E-state index is 0.170. The molecule has 1 N–H and O–H groups in total. The van der Waals surface area contributed by atoms with Crippen molar-refractivity contribution < 1.29 is 4.79 Å². The molecule has 0 amide bonds. The SMILES string of the molecule is Cc1nc(Cl)c(C=O)c(NC(C)(C)CC(C)(C)C)n1. The molecule has 1 aromatic heterocycles. The predicted octanol–water partition coefficient (Wildman–Crippen LogP) is 3.88. The van der Waals surface area contributed by atoms with Gasteiger partial charge in [-0.05, 0) is 32.6 Å². The summed E-state index contributed by atoms with van der Waals surface area (Å²) in [6.07, 6.45) is 1.62. The lowest BCUT2D eigenvalue weighted by Crippen LogP contribution is -2.36. The molecule has 5 heteroatoms. The third kappa shape index (κ3) is 4.78. The summed E-state index contributed by atoms with van der Waals surface area (Å²) in [6.45, 7) is 12.4. The Morgan fingerprint density at radius 3 is 2.26 bits per heavy atom. The van der Waals surface area contributed by atoms with Crippen LogP contribution in [-0.2, 0) is 0 Å². The van der Waals surface area contributed by atoms with Gasteiger partial charge in [-0.2, -0.15) is 0 Å². The van der Waals surface area contributed by atoms with E-state index in [2.05, 4.69) is 49.9 Å². The maximum atomic E-state index is 11.1. The molecule has 4 nitrogen and oxygen atoms in total. The van der Waals surface area contributed by atoms with Crippen LogP contribution < -0.4 is 5.32 Å². The summed E-state index contributed by atoms with van der Waals surface area (Å²) in [5.74, 6) is 1.05. The fourth-order valence-corrected chi connectivity index (χ4v) is 2.69. The summed E-state index contributed by atoms with van der Waals surface area (Å²) in [5.41, 5.74) is 0.290. The standard InChI is InChI=1S/C14H22ClN3O/c1-9-16-11(15)10(7-19)12(17-9)18-14(5,6)8-13(2,3)4/h7H,8H2,1-6H3,(H,16,17,18). The fraction of sp³-hybridized carbons (Fsp3) is 0.643. The molecule has 1 heterocycles. The van der Waals surface area contributed by atoms with Crippen molar-refractivity contribution in [3.8, 4) is 0 Å². The summed E-state index contributed by atoms with van der Waals surface area (Å²) >= 11 is 5.97. The van der Waals surface area contributed by atoms with Crippen LogP contribution in [0.4, 0.5) is 5.82 Å². The molecule has 1 rings (SSSR count). The van der Waals surface area contributed by atoms with Crippen molar-refractivity contribution in [2.24, 2.45) is 5.41 Å². The van der Waals surface area contributed by atoms with Crippen molar-refractivity contribution in [3.05, 3.63) is 16.5 Å². The number of carbonyl (C=O) groups excluding carboxylic acids is 1. The van der Waals surface area contributed by atoms with Gasteiger partial charge in [-0.1, -0.05) is 32.4 Å². The highest BCUT2D eigenvalue weighted by Gasteiger charge is 2.27. The zero-order chi connectivity index (χ0) is 14.8. The molecule has 0 saturated heterocycles. The first-order valence-corrected chi connectivity index (χ1v) is 6.69. The van der Waals surface area contributed by atoms with E-state index < -0.39 is 0 Å². The number of anilines is 1. The summed E-state index contributed by atoms with van der Waals surface area (Å²) in [7, 11) is 0. The molecule has 19 heavy (non-hydrogen) atoms. The number of aldehydes is 1. The average Bonchev–Trinajstić information content (AvgIpc) is 2.11. The molecule has 0 saturated carbocycles. The number of hydrogen-bond acceptors (Lipinski definition) is 4. The average molecular weight is 284 g/mol. The Morgan fingerprint density at radius 2 is 1.79 bits per heavy atom. The van der Waals surface area contributed by atoms with E-state index in [1.807, 2.05) is 0 Å². The van der Waals surface area contributed by atoms with E-state index in [-0.39, 0.29) is 16.1 Å². The van der Waals surface area contributed by atoms with Crippen LogP contribution in [0.2, 0.25) is 5.15 Å². The monoisotopic (exact) mass is 283 g/mol. The van der Waals surface area contributed by atoms with Gasteiger partial charge in [0.1, 0.15) is 16.8 Å². The topological polar surface area (TPSA) is 54.9 Å². The molecule has 0 spiro atoms. The zero-order valence-electron chi connectivity index (χ0n) is 12.5. The third-order valence-electron chi connectivity index (χ3n) is 2.56. The Balaban J connectivity index is 3.08. The van der Waals surface area contributed by atoms with E-state index in [9.17, 15) is 4.79 Å². The first-order valence-electron chi connectivity index (χ1n) is 6.31. The van der Waals surface area contributed by atoms with Crippen LogP contribution in [0.3, 0.4) is 0 Å². The number of rotatable bonds is 4. The van der Waals surface area contributed by atoms with E-state index >= 15 is 0 Å². The number of carbonyl (C=O) groups is 1. The number of nitrogens with zero attached hydrogens (tertiary/aromatic N) is 2. The Hall–Kier alpha value is -1.16. The normalized spacial score (nSPS) is 12.4. The van der Waals surface area contributed by atoms with Crippen LogP contribution in [0, 0.1) is 12.3 Å². The maximum Gasteiger partial charge on any atom is 0.156 e. The molecule has 0 aliphatic heterocycles. The number of aromatic nitrogens is 2. The third-order valence-corrected chi connectivity index (χ3v) is 2.85. The number of nitrogens with one attached hydrogen (secondary N) is 1. The van der Waals surface area contributed by atoms with E-state index in [0.717, 1.165) is 6.42 Å². The fourth-order valence-electron chi connectivity index (χ4n) is 2.44. The second kappa shape index (κ2) is 5.45. The minimum Gasteiger partial charge on any atom is -0.364 e. The zero-order valence-corrected chi connectivity index (χ0v) is 13.2. The Morgan fingerprint density at radius 1 is 1.21 bits per heavy atom. The van der Waals surface area contributed by atoms with Gasteiger partial charge in [-0.3, -0.25) is 4.79 Å². The van der Waals surface area contributed by atoms with Crippen LogP contribution in [-0.4, -0.2) is 21.8 Å². The number of aryl methyl sites for hydroxylation is 1. The van der Waals surface area contributed by atoms with Gasteiger partial charge in [0, 0.05) is 5.54 Å². The van der Waals surface area contributed by atoms with Crippen LogP contribution in [0.1, 0.15) is 57.2 Å². The van der Waals surface area contributed by atoms with Gasteiger partial charge in [-0.25, -0.2) is 9.97 Å². The molecule has 0 atom stereocenters. The quantitative estimate of drug-likeness (QED) is 0.673. The van der Waals surface area contributed by atoms with Gasteiger partial charge in [0.25, 0.3) is 0 Å². The van der Waals surface area contributed by atoms with E-state index in [0.29, 0.717) is 23.5 Å². The molecule has 0 unspecified atom stereocenters. The second-order valence-electron chi connectivity index (χ2n) is 6.69. The molecule has 1 aromatic rings. The molecule has 0 aromatic carbocycles. The summed E-state index contributed by atoms with van der Waals surface area (Å²) in [5, 5.41) is 3.50. The molecular weight excluding hydrogens is 262 g/mol. The van der Waals surface area contributed by atoms with E-state index in [4.69, 9.17) is 11.6 Å². The first-order chi connectivity index (χ1) is 8.54. The number of hydrogen-bond donors (Lipinski definition) is 1. The van der Waals surface area contributed by atoms with Crippen LogP contribution in [0.5, 0.6) is 0 Å². The highest BCUT2D eigenvalue weighted by Crippen LogP contribution is 2.30. The molecule has 0 radical (unpaired) electrons. The number of halogens is 1. The molecule has 106 valence electrons. The lowest BCUT2D eigenvalue weighted by molar-refractivity contribution is 0.112. The summed E-state index contributed by atoms with van der Waals surface area (Å²) in [4.78, 5) is 19.4. The first kappa shape index (κ1) is 15.9. The lowest BCUT2D eigenvalue weighted by atomic mass is 9.82. The molecule has 0 aliphatic carbocycles. The minimum atomic E-state index is -0.194. The van der Waals surface area contributed by atoms with Crippen molar-refractivity contribution in [1.29, 1.82) is 0 Å². The van der Waals surface area contributed by atoms with Crippen molar-refractivity contribution >= 4 is 23.7 Å². The summed E-state index contributed by atoms with van der Waals surface area (Å²) < 4.78 is 0. The molecule has 0 fully saturated rings. The van der Waals surface area contributed by atoms with Crippen molar-refractivity contribution in [3.63, 3.8) is 0 Å². The Labute approximate surface area is 120 Å². The molecular formula is C14H22ClN3O. The Bertz CT molecular complexity index is 478. The van der Waals surface area contributed by atoms with E-state index in [1.165, 1.54) is 0 Å². The van der Waals surface area contributed by atoms with Crippen molar-refractivity contribution in [1.82, 2.24) is 9.97 Å². The molecule has 0 bridgehead atoms. The van der Waals surface area contributed by atoms with Gasteiger partial charge in [0.15, 0.2) is 6.29 Å².